The molecule has 0 saturated carbocycles. The van der Waals surface area contributed by atoms with E-state index in [4.69, 9.17) is 0 Å². The van der Waals surface area contributed by atoms with Gasteiger partial charge in [-0.25, -0.2) is 0 Å². The molecule has 1 saturated heterocycles. The molecule has 1 amide bonds. The molecule has 1 aliphatic rings. The number of carbonyl (C=O) groups is 2. The first-order chi connectivity index (χ1) is 5.54. The van der Waals surface area contributed by atoms with Crippen LogP contribution in [0.15, 0.2) is 12.2 Å². The van der Waals surface area contributed by atoms with Crippen LogP contribution in [0.2, 0.25) is 0 Å². The van der Waals surface area contributed by atoms with E-state index in [0.29, 0.717) is 18.5 Å². The lowest BCUT2D eigenvalue weighted by Crippen LogP contribution is -2.27. The van der Waals surface area contributed by atoms with Gasteiger partial charge in [-0.1, -0.05) is 6.58 Å². The molecule has 0 aromatic rings. The van der Waals surface area contributed by atoms with Crippen LogP contribution < -0.4 is 0 Å². The lowest BCUT2D eigenvalue weighted by atomic mass is 9.98. The van der Waals surface area contributed by atoms with Gasteiger partial charge < -0.3 is 4.90 Å². The normalized spacial score (nSPS) is 23.0. The van der Waals surface area contributed by atoms with Crippen molar-refractivity contribution in [2.75, 3.05) is 13.6 Å². The summed E-state index contributed by atoms with van der Waals surface area (Å²) in [4.78, 5) is 24.3. The van der Waals surface area contributed by atoms with E-state index < -0.39 is 5.92 Å². The van der Waals surface area contributed by atoms with Crippen LogP contribution >= 0.6 is 0 Å². The third kappa shape index (κ3) is 1.40. The van der Waals surface area contributed by atoms with Gasteiger partial charge in [0.25, 0.3) is 0 Å². The number of carbonyl (C=O) groups excluding carboxylic acids is 2. The Morgan fingerprint density at radius 1 is 1.67 bits per heavy atom. The molecule has 1 heterocycles. The minimum Gasteiger partial charge on any atom is -0.345 e. The van der Waals surface area contributed by atoms with Gasteiger partial charge in [-0.3, -0.25) is 9.59 Å². The van der Waals surface area contributed by atoms with Gasteiger partial charge in [0.05, 0.1) is 0 Å². The molecule has 12 heavy (non-hydrogen) atoms. The number of hydrogen-bond donors (Lipinski definition) is 0. The largest absolute Gasteiger partial charge is 0.345 e. The van der Waals surface area contributed by atoms with Crippen LogP contribution in [0.25, 0.3) is 0 Å². The lowest BCUT2D eigenvalue weighted by Gasteiger charge is -2.08. The maximum absolute atomic E-state index is 11.4. The molecular formula is C9H13NO2. The maximum Gasteiger partial charge on any atom is 0.233 e. The van der Waals surface area contributed by atoms with Crippen molar-refractivity contribution in [1.29, 1.82) is 0 Å². The zero-order valence-electron chi connectivity index (χ0n) is 7.46. The van der Waals surface area contributed by atoms with Crippen LogP contribution in [-0.2, 0) is 9.59 Å². The summed E-state index contributed by atoms with van der Waals surface area (Å²) in [6.45, 7) is 5.87. The third-order valence-corrected chi connectivity index (χ3v) is 2.16. The molecule has 0 spiro atoms. The number of rotatable bonds is 2. The summed E-state index contributed by atoms with van der Waals surface area (Å²) in [5.74, 6) is -0.625. The first-order valence-corrected chi connectivity index (χ1v) is 3.98. The number of hydrogen-bond acceptors (Lipinski definition) is 2. The summed E-state index contributed by atoms with van der Waals surface area (Å²) in [6.07, 6.45) is 0.640. The van der Waals surface area contributed by atoms with Crippen molar-refractivity contribution in [3.05, 3.63) is 12.2 Å². The SMILES string of the molecule is C=C(C)C(=O)C1CCN(C)C1=O. The molecule has 0 aromatic carbocycles. The fourth-order valence-corrected chi connectivity index (χ4v) is 1.36. The van der Waals surface area contributed by atoms with Gasteiger partial charge in [0.2, 0.25) is 5.91 Å². The summed E-state index contributed by atoms with van der Waals surface area (Å²) in [7, 11) is 1.72. The second-order valence-corrected chi connectivity index (χ2v) is 3.25. The summed E-state index contributed by atoms with van der Waals surface area (Å²) in [5, 5.41) is 0. The minimum atomic E-state index is -0.451. The van der Waals surface area contributed by atoms with Gasteiger partial charge in [0, 0.05) is 13.6 Å². The van der Waals surface area contributed by atoms with Crippen molar-refractivity contribution in [2.24, 2.45) is 5.92 Å². The number of likely N-dealkylation sites (tertiary alicyclic amines) is 1. The maximum atomic E-state index is 11.4. The molecule has 66 valence electrons. The first-order valence-electron chi connectivity index (χ1n) is 3.98. The minimum absolute atomic E-state index is 0.0667. The average Bonchev–Trinajstić information content (AvgIpc) is 2.32. The Balaban J connectivity index is 2.72. The Morgan fingerprint density at radius 2 is 2.25 bits per heavy atom. The van der Waals surface area contributed by atoms with E-state index in [1.54, 1.807) is 18.9 Å². The predicted octanol–water partition coefficient (Wildman–Crippen LogP) is 0.610. The summed E-state index contributed by atoms with van der Waals surface area (Å²) < 4.78 is 0. The Morgan fingerprint density at radius 3 is 2.58 bits per heavy atom. The van der Waals surface area contributed by atoms with Crippen LogP contribution in [0.1, 0.15) is 13.3 Å². The van der Waals surface area contributed by atoms with E-state index in [1.165, 1.54) is 0 Å². The Hall–Kier alpha value is -1.12. The zero-order valence-corrected chi connectivity index (χ0v) is 7.46. The summed E-state index contributed by atoms with van der Waals surface area (Å²) in [6, 6.07) is 0. The van der Waals surface area contributed by atoms with E-state index in [2.05, 4.69) is 6.58 Å². The first kappa shape index (κ1) is 8.97. The number of amides is 1. The van der Waals surface area contributed by atoms with Crippen LogP contribution in [0, 0.1) is 5.92 Å². The van der Waals surface area contributed by atoms with Crippen molar-refractivity contribution >= 4 is 11.7 Å². The van der Waals surface area contributed by atoms with Gasteiger partial charge in [-0.05, 0) is 18.9 Å². The van der Waals surface area contributed by atoms with Crippen LogP contribution in [0.5, 0.6) is 0 Å². The monoisotopic (exact) mass is 167 g/mol. The van der Waals surface area contributed by atoms with Crippen molar-refractivity contribution in [2.45, 2.75) is 13.3 Å². The smallest absolute Gasteiger partial charge is 0.233 e. The standard InChI is InChI=1S/C9H13NO2/c1-6(2)8(11)7-4-5-10(3)9(7)12/h7H,1,4-5H2,2-3H3. The fourth-order valence-electron chi connectivity index (χ4n) is 1.36. The molecule has 0 aliphatic carbocycles. The Bertz CT molecular complexity index is 245. The molecule has 1 fully saturated rings. The second kappa shape index (κ2) is 3.09. The zero-order chi connectivity index (χ0) is 9.30. The molecule has 1 unspecified atom stereocenters. The Labute approximate surface area is 72.0 Å². The van der Waals surface area contributed by atoms with E-state index >= 15 is 0 Å². The van der Waals surface area contributed by atoms with Gasteiger partial charge in [-0.2, -0.15) is 0 Å². The van der Waals surface area contributed by atoms with E-state index in [1.807, 2.05) is 0 Å². The predicted molar refractivity (Wildman–Crippen MR) is 45.6 cm³/mol. The summed E-state index contributed by atoms with van der Waals surface area (Å²) in [5.41, 5.74) is 0.476. The molecule has 0 aromatic heterocycles. The van der Waals surface area contributed by atoms with Crippen molar-refractivity contribution in [3.63, 3.8) is 0 Å². The molecule has 0 radical (unpaired) electrons. The molecule has 1 rings (SSSR count). The Kier molecular flexibility index (Phi) is 2.31. The quantitative estimate of drug-likeness (QED) is 0.446. The highest BCUT2D eigenvalue weighted by Crippen LogP contribution is 2.19. The number of nitrogens with zero attached hydrogens (tertiary/aromatic N) is 1. The molecular weight excluding hydrogens is 154 g/mol. The lowest BCUT2D eigenvalue weighted by molar-refractivity contribution is -0.134. The highest BCUT2D eigenvalue weighted by molar-refractivity contribution is 6.09. The van der Waals surface area contributed by atoms with Crippen molar-refractivity contribution in [1.82, 2.24) is 4.90 Å². The molecule has 3 nitrogen and oxygen atoms in total. The average molecular weight is 167 g/mol. The molecule has 0 N–H and O–H groups in total. The molecule has 3 heteroatoms. The van der Waals surface area contributed by atoms with Crippen molar-refractivity contribution < 1.29 is 9.59 Å². The third-order valence-electron chi connectivity index (χ3n) is 2.16. The van der Waals surface area contributed by atoms with Crippen LogP contribution in [0.3, 0.4) is 0 Å². The van der Waals surface area contributed by atoms with E-state index in [9.17, 15) is 9.59 Å². The molecule has 1 aliphatic heterocycles. The highest BCUT2D eigenvalue weighted by atomic mass is 16.2. The number of Topliss-reactive ketones (excluding diaryl/α,β-unsaturated/α-hetero) is 1. The molecule has 0 bridgehead atoms. The van der Waals surface area contributed by atoms with E-state index in [-0.39, 0.29) is 11.7 Å². The topological polar surface area (TPSA) is 37.4 Å². The van der Waals surface area contributed by atoms with Gasteiger partial charge in [0.15, 0.2) is 5.78 Å². The van der Waals surface area contributed by atoms with Gasteiger partial charge in [-0.15, -0.1) is 0 Å². The van der Waals surface area contributed by atoms with Gasteiger partial charge in [0.1, 0.15) is 5.92 Å². The fraction of sp³-hybridized carbons (Fsp3) is 0.556. The number of allylic oxidation sites excluding steroid dienone is 1. The van der Waals surface area contributed by atoms with Gasteiger partial charge >= 0.3 is 0 Å². The second-order valence-electron chi connectivity index (χ2n) is 3.25. The summed E-state index contributed by atoms with van der Waals surface area (Å²) >= 11 is 0. The van der Waals surface area contributed by atoms with Crippen molar-refractivity contribution in [3.8, 4) is 0 Å². The highest BCUT2D eigenvalue weighted by Gasteiger charge is 2.34. The number of ketones is 1. The molecule has 1 atom stereocenters. The van der Waals surface area contributed by atoms with E-state index in [0.717, 1.165) is 0 Å². The van der Waals surface area contributed by atoms with Crippen LogP contribution in [0.4, 0.5) is 0 Å². The van der Waals surface area contributed by atoms with Crippen LogP contribution in [-0.4, -0.2) is 30.2 Å².